The zero-order chi connectivity index (χ0) is 20.6. The molecule has 0 saturated carbocycles. The molecule has 2 N–H and O–H groups in total. The van der Waals surface area contributed by atoms with Gasteiger partial charge in [0.15, 0.2) is 11.8 Å². The van der Waals surface area contributed by atoms with Gasteiger partial charge < -0.3 is 20.1 Å². The molecule has 2 heterocycles. The van der Waals surface area contributed by atoms with Crippen LogP contribution in [0.4, 0.5) is 0 Å². The van der Waals surface area contributed by atoms with Gasteiger partial charge in [-0.25, -0.2) is 14.7 Å². The van der Waals surface area contributed by atoms with E-state index in [0.717, 1.165) is 49.3 Å². The van der Waals surface area contributed by atoms with E-state index in [1.165, 1.54) is 0 Å². The number of hydrogen-bond acceptors (Lipinski definition) is 5. The highest BCUT2D eigenvalue weighted by Crippen LogP contribution is 2.18. The molecule has 2 unspecified atom stereocenters. The summed E-state index contributed by atoms with van der Waals surface area (Å²) in [7, 11) is 1.65. The monoisotopic (exact) mass is 420 g/mol. The smallest absolute Gasteiger partial charge is 0.191 e. The standard InChI is InChI=1S/C20H29ClN6O2/c1-4-22-20(23-11-14(2)29-17-7-5-6-15(21)10-17)24-16-8-9-19-25-18(13-28-3)26-27(19)12-16/h5-7,10,14,16H,4,8-9,11-13H2,1-3H3,(H2,22,23,24). The van der Waals surface area contributed by atoms with Gasteiger partial charge in [-0.2, -0.15) is 5.10 Å². The molecule has 0 aliphatic carbocycles. The molecule has 0 saturated heterocycles. The van der Waals surface area contributed by atoms with E-state index in [0.29, 0.717) is 18.2 Å². The first-order valence-corrected chi connectivity index (χ1v) is 10.3. The molecule has 0 spiro atoms. The number of aryl methyl sites for hydroxylation is 1. The fourth-order valence-corrected chi connectivity index (χ4v) is 3.39. The molecular formula is C20H29ClN6O2. The van der Waals surface area contributed by atoms with Crippen LogP contribution in [0.3, 0.4) is 0 Å². The Hall–Kier alpha value is -2.32. The molecule has 0 fully saturated rings. The fraction of sp³-hybridized carbons (Fsp3) is 0.550. The maximum Gasteiger partial charge on any atom is 0.191 e. The number of benzene rings is 1. The number of nitrogens with zero attached hydrogens (tertiary/aromatic N) is 4. The highest BCUT2D eigenvalue weighted by atomic mass is 35.5. The molecule has 1 aromatic heterocycles. The van der Waals surface area contributed by atoms with E-state index in [9.17, 15) is 0 Å². The van der Waals surface area contributed by atoms with Gasteiger partial charge in [-0.3, -0.25) is 0 Å². The highest BCUT2D eigenvalue weighted by Gasteiger charge is 2.22. The minimum atomic E-state index is -0.0752. The van der Waals surface area contributed by atoms with Crippen LogP contribution in [0, 0.1) is 0 Å². The van der Waals surface area contributed by atoms with E-state index >= 15 is 0 Å². The van der Waals surface area contributed by atoms with Crippen LogP contribution < -0.4 is 15.4 Å². The number of methoxy groups -OCH3 is 1. The molecule has 0 radical (unpaired) electrons. The van der Waals surface area contributed by atoms with Crippen molar-refractivity contribution in [1.82, 2.24) is 25.4 Å². The predicted octanol–water partition coefficient (Wildman–Crippen LogP) is 2.42. The Labute approximate surface area is 176 Å². The Morgan fingerprint density at radius 1 is 1.45 bits per heavy atom. The summed E-state index contributed by atoms with van der Waals surface area (Å²) in [6.07, 6.45) is 1.78. The third-order valence-corrected chi connectivity index (χ3v) is 4.74. The molecule has 0 amide bonds. The molecule has 2 atom stereocenters. The van der Waals surface area contributed by atoms with Crippen molar-refractivity contribution in [1.29, 1.82) is 0 Å². The summed E-state index contributed by atoms with van der Waals surface area (Å²) in [6, 6.07) is 7.64. The molecule has 3 rings (SSSR count). The highest BCUT2D eigenvalue weighted by molar-refractivity contribution is 6.30. The van der Waals surface area contributed by atoms with Gasteiger partial charge in [-0.1, -0.05) is 17.7 Å². The Balaban J connectivity index is 1.56. The average molecular weight is 421 g/mol. The normalized spacial score (nSPS) is 17.5. The summed E-state index contributed by atoms with van der Waals surface area (Å²) >= 11 is 6.01. The van der Waals surface area contributed by atoms with Gasteiger partial charge in [0, 0.05) is 31.1 Å². The number of guanidine groups is 1. The number of aromatic nitrogens is 3. The van der Waals surface area contributed by atoms with Crippen molar-refractivity contribution in [2.45, 2.75) is 52.0 Å². The maximum atomic E-state index is 6.01. The Kier molecular flexibility index (Phi) is 7.71. The van der Waals surface area contributed by atoms with Gasteiger partial charge >= 0.3 is 0 Å². The number of aliphatic imine (C=N–C) groups is 1. The van der Waals surface area contributed by atoms with Crippen molar-refractivity contribution in [3.05, 3.63) is 40.9 Å². The fourth-order valence-electron chi connectivity index (χ4n) is 3.21. The zero-order valence-electron chi connectivity index (χ0n) is 17.2. The zero-order valence-corrected chi connectivity index (χ0v) is 17.9. The quantitative estimate of drug-likeness (QED) is 0.504. The third-order valence-electron chi connectivity index (χ3n) is 4.50. The largest absolute Gasteiger partial charge is 0.489 e. The second kappa shape index (κ2) is 10.5. The molecule has 29 heavy (non-hydrogen) atoms. The van der Waals surface area contributed by atoms with Gasteiger partial charge in [-0.15, -0.1) is 0 Å². The van der Waals surface area contributed by atoms with Crippen molar-refractivity contribution in [2.24, 2.45) is 4.99 Å². The molecule has 158 valence electrons. The van der Waals surface area contributed by atoms with Crippen LogP contribution in [-0.2, 0) is 24.3 Å². The van der Waals surface area contributed by atoms with Crippen LogP contribution in [0.25, 0.3) is 0 Å². The molecule has 0 bridgehead atoms. The van der Waals surface area contributed by atoms with Crippen LogP contribution in [0.15, 0.2) is 29.3 Å². The van der Waals surface area contributed by atoms with Crippen LogP contribution in [-0.4, -0.2) is 53.1 Å². The summed E-state index contributed by atoms with van der Waals surface area (Å²) in [5.74, 6) is 3.27. The SMILES string of the molecule is CCNC(=NCC(C)Oc1cccc(Cl)c1)NC1CCc2nc(COC)nn2C1. The lowest BCUT2D eigenvalue weighted by Gasteiger charge is -2.25. The van der Waals surface area contributed by atoms with Crippen molar-refractivity contribution in [3.8, 4) is 5.75 Å². The average Bonchev–Trinajstić information content (AvgIpc) is 3.08. The molecule has 1 aromatic carbocycles. The number of hydrogen-bond donors (Lipinski definition) is 2. The Morgan fingerprint density at radius 3 is 3.07 bits per heavy atom. The number of nitrogens with one attached hydrogen (secondary N) is 2. The summed E-state index contributed by atoms with van der Waals surface area (Å²) in [5.41, 5.74) is 0. The molecule has 1 aliphatic rings. The van der Waals surface area contributed by atoms with Crippen molar-refractivity contribution in [3.63, 3.8) is 0 Å². The van der Waals surface area contributed by atoms with Gasteiger partial charge in [0.2, 0.25) is 0 Å². The number of fused-ring (bicyclic) bond motifs is 1. The van der Waals surface area contributed by atoms with Crippen molar-refractivity contribution < 1.29 is 9.47 Å². The first-order valence-electron chi connectivity index (χ1n) is 9.96. The summed E-state index contributed by atoms with van der Waals surface area (Å²) < 4.78 is 13.0. The lowest BCUT2D eigenvalue weighted by molar-refractivity contribution is 0.177. The summed E-state index contributed by atoms with van der Waals surface area (Å²) in [6.45, 7) is 6.55. The number of rotatable bonds is 8. The van der Waals surface area contributed by atoms with Gasteiger partial charge in [0.1, 0.15) is 24.3 Å². The number of ether oxygens (including phenoxy) is 2. The van der Waals surface area contributed by atoms with E-state index in [2.05, 4.69) is 32.6 Å². The van der Waals surface area contributed by atoms with E-state index in [1.807, 2.05) is 29.8 Å². The first kappa shape index (κ1) is 21.4. The lowest BCUT2D eigenvalue weighted by Crippen LogP contribution is -2.47. The van der Waals surface area contributed by atoms with Gasteiger partial charge in [0.25, 0.3) is 0 Å². The molecule has 8 nitrogen and oxygen atoms in total. The third kappa shape index (κ3) is 6.33. The molecule has 1 aliphatic heterocycles. The Bertz CT molecular complexity index is 825. The van der Waals surface area contributed by atoms with Crippen LogP contribution in [0.2, 0.25) is 5.02 Å². The lowest BCUT2D eigenvalue weighted by atomic mass is 10.1. The van der Waals surface area contributed by atoms with E-state index in [4.69, 9.17) is 21.1 Å². The summed E-state index contributed by atoms with van der Waals surface area (Å²) in [5, 5.41) is 12.0. The summed E-state index contributed by atoms with van der Waals surface area (Å²) in [4.78, 5) is 9.21. The van der Waals surface area contributed by atoms with Crippen LogP contribution in [0.1, 0.15) is 31.9 Å². The van der Waals surface area contributed by atoms with Gasteiger partial charge in [0.05, 0.1) is 13.1 Å². The second-order valence-electron chi connectivity index (χ2n) is 7.04. The molecule has 2 aromatic rings. The second-order valence-corrected chi connectivity index (χ2v) is 7.48. The minimum Gasteiger partial charge on any atom is -0.489 e. The first-order chi connectivity index (χ1) is 14.1. The van der Waals surface area contributed by atoms with Crippen LogP contribution >= 0.6 is 11.6 Å². The minimum absolute atomic E-state index is 0.0752. The van der Waals surface area contributed by atoms with Crippen LogP contribution in [0.5, 0.6) is 5.75 Å². The van der Waals surface area contributed by atoms with Crippen molar-refractivity contribution in [2.75, 3.05) is 20.2 Å². The molecular weight excluding hydrogens is 392 g/mol. The topological polar surface area (TPSA) is 85.6 Å². The molecule has 9 heteroatoms. The number of halogens is 1. The van der Waals surface area contributed by atoms with E-state index in [1.54, 1.807) is 13.2 Å². The van der Waals surface area contributed by atoms with Gasteiger partial charge in [-0.05, 0) is 38.5 Å². The van der Waals surface area contributed by atoms with E-state index < -0.39 is 0 Å². The maximum absolute atomic E-state index is 6.01. The predicted molar refractivity (Wildman–Crippen MR) is 114 cm³/mol. The Morgan fingerprint density at radius 2 is 2.31 bits per heavy atom. The van der Waals surface area contributed by atoms with Crippen molar-refractivity contribution >= 4 is 17.6 Å². The van der Waals surface area contributed by atoms with E-state index in [-0.39, 0.29) is 12.1 Å².